The van der Waals surface area contributed by atoms with Crippen molar-refractivity contribution in [3.05, 3.63) is 87.9 Å². The van der Waals surface area contributed by atoms with Crippen LogP contribution >= 0.6 is 23.2 Å². The molecule has 2 aromatic carbocycles. The zero-order chi connectivity index (χ0) is 31.6. The van der Waals surface area contributed by atoms with Gasteiger partial charge in [-0.1, -0.05) is 42.8 Å². The van der Waals surface area contributed by atoms with Crippen molar-refractivity contribution in [1.29, 1.82) is 0 Å². The first kappa shape index (κ1) is 31.6. The Balaban J connectivity index is 1.46. The van der Waals surface area contributed by atoms with E-state index in [1.54, 1.807) is 6.07 Å². The standard InChI is InChI=1S/C32H32Cl2F2N4O4/c1-5-28(41)38-23-16-22(40-11-9-39(6-2)10-12-40)8-7-19(23)13-21-14-20-15-27(44-26(20)18-37-21)32(35,36)29-30(33)24(42-3)17-25(43-4)31(29)34/h5,7-8,14-18H,1,6,9-13H2,2-4H3,(H,38,41). The fourth-order valence-corrected chi connectivity index (χ4v) is 6.00. The molecule has 1 saturated heterocycles. The predicted octanol–water partition coefficient (Wildman–Crippen LogP) is 7.15. The molecule has 4 aromatic rings. The maximum absolute atomic E-state index is 15.9. The molecule has 0 saturated carbocycles. The summed E-state index contributed by atoms with van der Waals surface area (Å²) in [4.78, 5) is 21.4. The van der Waals surface area contributed by atoms with E-state index in [9.17, 15) is 4.79 Å². The smallest absolute Gasteiger partial charge is 0.333 e. The molecule has 0 radical (unpaired) electrons. The first-order valence-electron chi connectivity index (χ1n) is 14.0. The molecule has 12 heteroatoms. The number of carbonyl (C=O) groups excluding carboxylic acids is 1. The molecule has 8 nitrogen and oxygen atoms in total. The number of nitrogens with zero attached hydrogens (tertiary/aromatic N) is 3. The number of benzene rings is 2. The van der Waals surface area contributed by atoms with Crippen molar-refractivity contribution < 1.29 is 27.5 Å². The molecule has 232 valence electrons. The number of rotatable bonds is 10. The van der Waals surface area contributed by atoms with Gasteiger partial charge in [0.25, 0.3) is 0 Å². The van der Waals surface area contributed by atoms with E-state index < -0.39 is 17.2 Å². The summed E-state index contributed by atoms with van der Waals surface area (Å²) < 4.78 is 47.7. The van der Waals surface area contributed by atoms with Crippen LogP contribution in [-0.2, 0) is 17.1 Å². The number of aromatic nitrogens is 1. The van der Waals surface area contributed by atoms with Crippen LogP contribution in [0.4, 0.5) is 20.2 Å². The summed E-state index contributed by atoms with van der Waals surface area (Å²) in [6.07, 6.45) is 2.93. The number of furan rings is 1. The average molecular weight is 646 g/mol. The number of nitrogens with one attached hydrogen (secondary N) is 1. The summed E-state index contributed by atoms with van der Waals surface area (Å²) in [7, 11) is 2.61. The molecule has 3 heterocycles. The Bertz CT molecular complexity index is 1680. The Labute approximate surface area is 264 Å². The molecule has 44 heavy (non-hydrogen) atoms. The van der Waals surface area contributed by atoms with E-state index >= 15 is 8.78 Å². The van der Waals surface area contributed by atoms with Gasteiger partial charge in [0.1, 0.15) is 11.5 Å². The van der Waals surface area contributed by atoms with Gasteiger partial charge in [-0.15, -0.1) is 0 Å². The van der Waals surface area contributed by atoms with E-state index in [4.69, 9.17) is 37.1 Å². The minimum atomic E-state index is -3.73. The Kier molecular flexibility index (Phi) is 9.34. The lowest BCUT2D eigenvalue weighted by atomic mass is 10.0. The minimum Gasteiger partial charge on any atom is -0.495 e. The second-order valence-corrected chi connectivity index (χ2v) is 11.1. The minimum absolute atomic E-state index is 0.0174. The first-order chi connectivity index (χ1) is 21.1. The number of methoxy groups -OCH3 is 2. The van der Waals surface area contributed by atoms with E-state index in [1.807, 2.05) is 18.2 Å². The van der Waals surface area contributed by atoms with Gasteiger partial charge in [-0.25, -0.2) is 0 Å². The Morgan fingerprint density at radius 1 is 1.09 bits per heavy atom. The van der Waals surface area contributed by atoms with Crippen molar-refractivity contribution in [3.8, 4) is 11.5 Å². The SMILES string of the molecule is C=CC(=O)Nc1cc(N2CCN(CC)CC2)ccc1Cc1cc2cc(C(F)(F)c3c(Cl)c(OC)cc(OC)c3Cl)oc2cn1. The molecular weight excluding hydrogens is 613 g/mol. The lowest BCUT2D eigenvalue weighted by Crippen LogP contribution is -2.46. The lowest BCUT2D eigenvalue weighted by molar-refractivity contribution is -0.111. The molecular formula is C32H32Cl2F2N4O4. The van der Waals surface area contributed by atoms with Gasteiger partial charge in [-0.05, 0) is 42.4 Å². The van der Waals surface area contributed by atoms with Gasteiger partial charge in [0, 0.05) is 61.1 Å². The number of anilines is 2. The molecule has 0 unspecified atom stereocenters. The number of carbonyl (C=O) groups is 1. The Hall–Kier alpha value is -3.86. The molecule has 1 fully saturated rings. The average Bonchev–Trinajstić information content (AvgIpc) is 3.46. The molecule has 1 aliphatic heterocycles. The summed E-state index contributed by atoms with van der Waals surface area (Å²) in [5.41, 5.74) is 2.49. The van der Waals surface area contributed by atoms with Crippen LogP contribution in [0, 0.1) is 0 Å². The van der Waals surface area contributed by atoms with Gasteiger partial charge in [0.15, 0.2) is 11.3 Å². The zero-order valence-corrected chi connectivity index (χ0v) is 26.1. The lowest BCUT2D eigenvalue weighted by Gasteiger charge is -2.35. The number of likely N-dealkylation sites (N-methyl/N-ethyl adjacent to an activating group) is 1. The van der Waals surface area contributed by atoms with E-state index in [1.165, 1.54) is 38.6 Å². The molecule has 1 amide bonds. The number of alkyl halides is 2. The van der Waals surface area contributed by atoms with Crippen LogP contribution in [-0.4, -0.2) is 62.7 Å². The second kappa shape index (κ2) is 13.0. The highest BCUT2D eigenvalue weighted by atomic mass is 35.5. The molecule has 0 bridgehead atoms. The Morgan fingerprint density at radius 3 is 2.39 bits per heavy atom. The van der Waals surface area contributed by atoms with Crippen molar-refractivity contribution in [3.63, 3.8) is 0 Å². The van der Waals surface area contributed by atoms with Crippen molar-refractivity contribution in [2.45, 2.75) is 19.3 Å². The van der Waals surface area contributed by atoms with Crippen LogP contribution in [0.15, 0.2) is 59.7 Å². The van der Waals surface area contributed by atoms with Crippen LogP contribution in [0.2, 0.25) is 10.0 Å². The molecule has 0 atom stereocenters. The third-order valence-electron chi connectivity index (χ3n) is 7.75. The van der Waals surface area contributed by atoms with Gasteiger partial charge >= 0.3 is 5.92 Å². The van der Waals surface area contributed by atoms with Crippen molar-refractivity contribution in [2.24, 2.45) is 0 Å². The molecule has 1 aliphatic rings. The molecule has 1 N–H and O–H groups in total. The maximum atomic E-state index is 15.9. The molecule has 0 aliphatic carbocycles. The third kappa shape index (κ3) is 6.20. The highest BCUT2D eigenvalue weighted by Crippen LogP contribution is 2.50. The van der Waals surface area contributed by atoms with Crippen LogP contribution < -0.4 is 19.7 Å². The van der Waals surface area contributed by atoms with E-state index in [0.717, 1.165) is 44.0 Å². The van der Waals surface area contributed by atoms with Crippen molar-refractivity contribution in [2.75, 3.05) is 57.2 Å². The highest BCUT2D eigenvalue weighted by molar-refractivity contribution is 6.38. The van der Waals surface area contributed by atoms with E-state index in [0.29, 0.717) is 23.2 Å². The van der Waals surface area contributed by atoms with E-state index in [-0.39, 0.29) is 33.0 Å². The van der Waals surface area contributed by atoms with Crippen LogP contribution in [0.25, 0.3) is 11.0 Å². The molecule has 0 spiro atoms. The van der Waals surface area contributed by atoms with Gasteiger partial charge in [0.2, 0.25) is 5.91 Å². The first-order valence-corrected chi connectivity index (χ1v) is 14.8. The van der Waals surface area contributed by atoms with Crippen LogP contribution in [0.5, 0.6) is 11.5 Å². The molecule has 2 aromatic heterocycles. The van der Waals surface area contributed by atoms with Gasteiger partial charge in [-0.2, -0.15) is 8.78 Å². The topological polar surface area (TPSA) is 80.1 Å². The second-order valence-electron chi connectivity index (χ2n) is 10.3. The monoisotopic (exact) mass is 644 g/mol. The summed E-state index contributed by atoms with van der Waals surface area (Å²) >= 11 is 12.6. The van der Waals surface area contributed by atoms with Crippen LogP contribution in [0.3, 0.4) is 0 Å². The number of pyridine rings is 1. The number of amides is 1. The fourth-order valence-electron chi connectivity index (χ4n) is 5.26. The number of hydrogen-bond donors (Lipinski definition) is 1. The third-order valence-corrected chi connectivity index (χ3v) is 8.50. The number of ether oxygens (including phenoxy) is 2. The van der Waals surface area contributed by atoms with Crippen LogP contribution in [0.1, 0.15) is 29.5 Å². The molecule has 5 rings (SSSR count). The largest absolute Gasteiger partial charge is 0.495 e. The Morgan fingerprint density at radius 2 is 1.77 bits per heavy atom. The van der Waals surface area contributed by atoms with Crippen molar-refractivity contribution >= 4 is 51.5 Å². The van der Waals surface area contributed by atoms with Gasteiger partial charge in [0.05, 0.1) is 36.0 Å². The van der Waals surface area contributed by atoms with E-state index in [2.05, 4.69) is 33.6 Å². The number of halogens is 4. The highest BCUT2D eigenvalue weighted by Gasteiger charge is 2.44. The number of piperazine rings is 1. The number of hydrogen-bond acceptors (Lipinski definition) is 7. The quantitative estimate of drug-likeness (QED) is 0.184. The summed E-state index contributed by atoms with van der Waals surface area (Å²) in [6, 6.07) is 10.2. The van der Waals surface area contributed by atoms with Crippen molar-refractivity contribution in [1.82, 2.24) is 9.88 Å². The summed E-state index contributed by atoms with van der Waals surface area (Å²) in [5, 5.41) is 2.61. The summed E-state index contributed by atoms with van der Waals surface area (Å²) in [5.74, 6) is -4.77. The predicted molar refractivity (Wildman–Crippen MR) is 169 cm³/mol. The van der Waals surface area contributed by atoms with Gasteiger partial charge in [-0.3, -0.25) is 9.78 Å². The normalized spacial score (nSPS) is 14.1. The van der Waals surface area contributed by atoms with Gasteiger partial charge < -0.3 is 29.0 Å². The number of fused-ring (bicyclic) bond motifs is 1. The zero-order valence-electron chi connectivity index (χ0n) is 24.6. The maximum Gasteiger partial charge on any atom is 0.333 e. The summed E-state index contributed by atoms with van der Waals surface area (Å²) in [6.45, 7) is 10.4. The fraction of sp³-hybridized carbons (Fsp3) is 0.312.